The molecule has 0 amide bonds. The van der Waals surface area contributed by atoms with Crippen molar-refractivity contribution in [2.45, 2.75) is 13.3 Å². The van der Waals surface area contributed by atoms with Gasteiger partial charge in [-0.2, -0.15) is 4.98 Å². The van der Waals surface area contributed by atoms with Crippen LogP contribution in [0.5, 0.6) is 11.8 Å². The van der Waals surface area contributed by atoms with Crippen LogP contribution in [-0.2, 0) is 0 Å². The van der Waals surface area contributed by atoms with Gasteiger partial charge in [0, 0.05) is 0 Å². The summed E-state index contributed by atoms with van der Waals surface area (Å²) >= 11 is 0. The van der Waals surface area contributed by atoms with Gasteiger partial charge >= 0.3 is 6.08 Å². The van der Waals surface area contributed by atoms with Crippen LogP contribution >= 0.6 is 0 Å². The smallest absolute Gasteiger partial charge is 0.394 e. The van der Waals surface area contributed by atoms with E-state index in [1.807, 2.05) is 6.92 Å². The van der Waals surface area contributed by atoms with Gasteiger partial charge in [0.25, 0.3) is 0 Å². The van der Waals surface area contributed by atoms with Crippen molar-refractivity contribution in [3.63, 3.8) is 0 Å². The zero-order valence-corrected chi connectivity index (χ0v) is 7.86. The number of phenols is 1. The highest BCUT2D eigenvalue weighted by atomic mass is 16.6. The lowest BCUT2D eigenvalue weighted by Gasteiger charge is -1.94. The molecule has 0 unspecified atom stereocenters. The molecule has 0 atom stereocenters. The number of ether oxygens (including phenoxy) is 1. The van der Waals surface area contributed by atoms with E-state index in [-0.39, 0.29) is 11.8 Å². The van der Waals surface area contributed by atoms with Crippen LogP contribution in [0.1, 0.15) is 13.3 Å². The molecule has 2 aromatic rings. The number of aromatic nitrogens is 1. The van der Waals surface area contributed by atoms with Crippen molar-refractivity contribution in [3.8, 4) is 11.8 Å². The zero-order chi connectivity index (χ0) is 9.97. The van der Waals surface area contributed by atoms with Gasteiger partial charge in [-0.1, -0.05) is 13.0 Å². The summed E-state index contributed by atoms with van der Waals surface area (Å²) in [4.78, 5) is 4.01. The van der Waals surface area contributed by atoms with Gasteiger partial charge in [0.2, 0.25) is 0 Å². The van der Waals surface area contributed by atoms with Crippen LogP contribution in [0, 0.1) is 0 Å². The number of fused-ring (bicyclic) bond motifs is 1. The Balaban J connectivity index is 2.36. The molecule has 1 N–H and O–H groups in total. The van der Waals surface area contributed by atoms with Crippen molar-refractivity contribution >= 4 is 11.1 Å². The third-order valence-corrected chi connectivity index (χ3v) is 1.81. The van der Waals surface area contributed by atoms with E-state index < -0.39 is 0 Å². The Kier molecular flexibility index (Phi) is 2.26. The topological polar surface area (TPSA) is 55.5 Å². The molecule has 0 aliphatic rings. The third-order valence-electron chi connectivity index (χ3n) is 1.81. The van der Waals surface area contributed by atoms with E-state index in [2.05, 4.69) is 4.98 Å². The highest BCUT2D eigenvalue weighted by Gasteiger charge is 2.09. The number of hydrogen-bond acceptors (Lipinski definition) is 4. The summed E-state index contributed by atoms with van der Waals surface area (Å²) in [5, 5.41) is 9.43. The molecule has 0 radical (unpaired) electrons. The van der Waals surface area contributed by atoms with Crippen LogP contribution < -0.4 is 4.74 Å². The molecule has 1 heterocycles. The molecule has 0 aliphatic carbocycles. The van der Waals surface area contributed by atoms with Crippen LogP contribution in [0.15, 0.2) is 22.6 Å². The van der Waals surface area contributed by atoms with E-state index in [0.717, 1.165) is 6.42 Å². The fourth-order valence-electron chi connectivity index (χ4n) is 1.16. The molecule has 0 fully saturated rings. The van der Waals surface area contributed by atoms with Crippen molar-refractivity contribution in [2.75, 3.05) is 6.61 Å². The van der Waals surface area contributed by atoms with Crippen molar-refractivity contribution in [1.29, 1.82) is 0 Å². The number of benzene rings is 1. The molecule has 0 saturated heterocycles. The summed E-state index contributed by atoms with van der Waals surface area (Å²) in [7, 11) is 0. The number of nitrogens with zero attached hydrogens (tertiary/aromatic N) is 1. The Labute approximate surface area is 81.1 Å². The van der Waals surface area contributed by atoms with Crippen LogP contribution in [0.25, 0.3) is 11.1 Å². The Morgan fingerprint density at radius 1 is 1.50 bits per heavy atom. The first-order valence-electron chi connectivity index (χ1n) is 4.52. The summed E-state index contributed by atoms with van der Waals surface area (Å²) in [6.07, 6.45) is 1.10. The molecule has 0 bridgehead atoms. The SMILES string of the molecule is CCCOc1nc2c(O)cccc2o1. The number of oxazole rings is 1. The van der Waals surface area contributed by atoms with Gasteiger partial charge < -0.3 is 14.3 Å². The minimum atomic E-state index is 0.109. The lowest BCUT2D eigenvalue weighted by molar-refractivity contribution is 0.237. The molecule has 1 aromatic carbocycles. The quantitative estimate of drug-likeness (QED) is 0.812. The van der Waals surface area contributed by atoms with Crippen LogP contribution in [0.4, 0.5) is 0 Å². The van der Waals surface area contributed by atoms with Crippen molar-refractivity contribution in [3.05, 3.63) is 18.2 Å². The Bertz CT molecular complexity index is 436. The fraction of sp³-hybridized carbons (Fsp3) is 0.300. The molecule has 74 valence electrons. The molecule has 0 spiro atoms. The average molecular weight is 193 g/mol. The van der Waals surface area contributed by atoms with Gasteiger partial charge in [-0.15, -0.1) is 0 Å². The lowest BCUT2D eigenvalue weighted by atomic mass is 10.3. The van der Waals surface area contributed by atoms with E-state index in [1.165, 1.54) is 0 Å². The van der Waals surface area contributed by atoms with Gasteiger partial charge in [0.05, 0.1) is 6.61 Å². The average Bonchev–Trinajstić information content (AvgIpc) is 2.59. The number of para-hydroxylation sites is 1. The van der Waals surface area contributed by atoms with E-state index in [0.29, 0.717) is 17.7 Å². The number of phenolic OH excluding ortho intramolecular Hbond substituents is 1. The minimum absolute atomic E-state index is 0.109. The molecule has 4 heteroatoms. The van der Waals surface area contributed by atoms with Gasteiger partial charge in [0.1, 0.15) is 5.75 Å². The molecular formula is C10H11NO3. The highest BCUT2D eigenvalue weighted by molar-refractivity contribution is 5.79. The standard InChI is InChI=1S/C10H11NO3/c1-2-6-13-10-11-9-7(12)4-3-5-8(9)14-10/h3-5,12H,2,6H2,1H3. The molecule has 2 rings (SSSR count). The predicted octanol–water partition coefficient (Wildman–Crippen LogP) is 2.32. The predicted molar refractivity (Wildman–Crippen MR) is 51.5 cm³/mol. The maximum atomic E-state index is 9.43. The number of rotatable bonds is 3. The van der Waals surface area contributed by atoms with Crippen LogP contribution in [0.3, 0.4) is 0 Å². The largest absolute Gasteiger partial charge is 0.506 e. The van der Waals surface area contributed by atoms with E-state index >= 15 is 0 Å². The Morgan fingerprint density at radius 3 is 3.07 bits per heavy atom. The van der Waals surface area contributed by atoms with Crippen molar-refractivity contribution in [1.82, 2.24) is 4.98 Å². The summed E-state index contributed by atoms with van der Waals surface area (Å²) in [5.41, 5.74) is 0.981. The molecule has 0 aliphatic heterocycles. The lowest BCUT2D eigenvalue weighted by Crippen LogP contribution is -1.94. The van der Waals surface area contributed by atoms with Gasteiger partial charge in [-0.05, 0) is 18.6 Å². The van der Waals surface area contributed by atoms with Gasteiger partial charge in [-0.3, -0.25) is 0 Å². The van der Waals surface area contributed by atoms with E-state index in [4.69, 9.17) is 9.15 Å². The second kappa shape index (κ2) is 3.57. The van der Waals surface area contributed by atoms with Gasteiger partial charge in [-0.25, -0.2) is 0 Å². The Hall–Kier alpha value is -1.71. The molecule has 4 nitrogen and oxygen atoms in total. The maximum absolute atomic E-state index is 9.43. The maximum Gasteiger partial charge on any atom is 0.394 e. The zero-order valence-electron chi connectivity index (χ0n) is 7.86. The first-order chi connectivity index (χ1) is 6.81. The number of hydrogen-bond donors (Lipinski definition) is 1. The number of aromatic hydroxyl groups is 1. The first kappa shape index (κ1) is 8.87. The molecule has 1 aromatic heterocycles. The van der Waals surface area contributed by atoms with Crippen molar-refractivity contribution in [2.24, 2.45) is 0 Å². The molecule has 14 heavy (non-hydrogen) atoms. The second-order valence-electron chi connectivity index (χ2n) is 2.95. The minimum Gasteiger partial charge on any atom is -0.506 e. The normalized spacial score (nSPS) is 10.6. The summed E-state index contributed by atoms with van der Waals surface area (Å²) < 4.78 is 10.5. The highest BCUT2D eigenvalue weighted by Crippen LogP contribution is 2.27. The monoisotopic (exact) mass is 193 g/mol. The van der Waals surface area contributed by atoms with Crippen LogP contribution in [0.2, 0.25) is 0 Å². The summed E-state index contributed by atoms with van der Waals surface area (Å²) in [6.45, 7) is 2.56. The van der Waals surface area contributed by atoms with E-state index in [9.17, 15) is 5.11 Å². The Morgan fingerprint density at radius 2 is 2.36 bits per heavy atom. The first-order valence-corrected chi connectivity index (χ1v) is 4.52. The summed E-state index contributed by atoms with van der Waals surface area (Å²) in [6, 6.07) is 5.00. The van der Waals surface area contributed by atoms with Crippen LogP contribution in [-0.4, -0.2) is 16.7 Å². The fourth-order valence-corrected chi connectivity index (χ4v) is 1.16. The van der Waals surface area contributed by atoms with Gasteiger partial charge in [0.15, 0.2) is 11.1 Å². The van der Waals surface area contributed by atoms with Crippen molar-refractivity contribution < 1.29 is 14.3 Å². The second-order valence-corrected chi connectivity index (χ2v) is 2.95. The third kappa shape index (κ3) is 1.51. The summed E-state index contributed by atoms with van der Waals surface area (Å²) in [5.74, 6) is 0.109. The van der Waals surface area contributed by atoms with E-state index in [1.54, 1.807) is 18.2 Å². The molecule has 0 saturated carbocycles. The molecular weight excluding hydrogens is 182 g/mol.